The van der Waals surface area contributed by atoms with Gasteiger partial charge in [0.2, 0.25) is 0 Å². The van der Waals surface area contributed by atoms with Gasteiger partial charge in [-0.25, -0.2) is 4.79 Å². The number of hydrogen-bond acceptors (Lipinski definition) is 3. The number of carbonyl (C=O) groups excluding carboxylic acids is 1. The minimum atomic E-state index is 0.136. The zero-order chi connectivity index (χ0) is 16.9. The largest absolute Gasteiger partial charge is 0.378 e. The molecule has 1 atom stereocenters. The van der Waals surface area contributed by atoms with E-state index in [2.05, 4.69) is 17.0 Å². The van der Waals surface area contributed by atoms with E-state index in [9.17, 15) is 4.79 Å². The minimum absolute atomic E-state index is 0.136. The van der Waals surface area contributed by atoms with Crippen molar-refractivity contribution in [2.45, 2.75) is 25.4 Å². The molecule has 2 aliphatic heterocycles. The third-order valence-electron chi connectivity index (χ3n) is 4.93. The van der Waals surface area contributed by atoms with E-state index in [4.69, 9.17) is 16.3 Å². The van der Waals surface area contributed by atoms with Gasteiger partial charge in [0.1, 0.15) is 0 Å². The molecule has 2 aliphatic rings. The predicted octanol–water partition coefficient (Wildman–Crippen LogP) is 2.69. The van der Waals surface area contributed by atoms with Crippen molar-refractivity contribution >= 4 is 17.6 Å². The van der Waals surface area contributed by atoms with Crippen LogP contribution in [0, 0.1) is 0 Å². The molecule has 1 aromatic carbocycles. The van der Waals surface area contributed by atoms with E-state index in [1.807, 2.05) is 29.0 Å². The highest BCUT2D eigenvalue weighted by Gasteiger charge is 2.29. The van der Waals surface area contributed by atoms with Gasteiger partial charge in [-0.05, 0) is 37.1 Å². The normalized spacial score (nSPS) is 22.4. The standard InChI is InChI=1S/C18H26ClN3O2/c1-20(18(23)22-9-11-24-12-10-22)17-3-2-8-21(14-17)13-15-4-6-16(19)7-5-15/h4-7,17H,2-3,8-14H2,1H3. The molecule has 0 saturated carbocycles. The molecule has 132 valence electrons. The second kappa shape index (κ2) is 8.19. The molecular formula is C18H26ClN3O2. The van der Waals surface area contributed by atoms with Crippen molar-refractivity contribution in [2.75, 3.05) is 46.4 Å². The maximum atomic E-state index is 12.7. The van der Waals surface area contributed by atoms with Crippen molar-refractivity contribution in [3.63, 3.8) is 0 Å². The molecule has 2 heterocycles. The highest BCUT2D eigenvalue weighted by atomic mass is 35.5. The molecule has 0 radical (unpaired) electrons. The van der Waals surface area contributed by atoms with E-state index in [1.54, 1.807) is 0 Å². The van der Waals surface area contributed by atoms with E-state index in [-0.39, 0.29) is 12.1 Å². The van der Waals surface area contributed by atoms with E-state index >= 15 is 0 Å². The number of likely N-dealkylation sites (N-methyl/N-ethyl adjacent to an activating group) is 1. The lowest BCUT2D eigenvalue weighted by molar-refractivity contribution is 0.0365. The summed E-state index contributed by atoms with van der Waals surface area (Å²) in [5.41, 5.74) is 1.27. The molecule has 24 heavy (non-hydrogen) atoms. The fraction of sp³-hybridized carbons (Fsp3) is 0.611. The van der Waals surface area contributed by atoms with Gasteiger partial charge in [0.05, 0.1) is 13.2 Å². The van der Waals surface area contributed by atoms with Crippen molar-refractivity contribution in [1.82, 2.24) is 14.7 Å². The number of rotatable bonds is 3. The van der Waals surface area contributed by atoms with E-state index in [0.29, 0.717) is 26.3 Å². The zero-order valence-corrected chi connectivity index (χ0v) is 15.0. The lowest BCUT2D eigenvalue weighted by Gasteiger charge is -2.40. The Kier molecular flexibility index (Phi) is 5.98. The summed E-state index contributed by atoms with van der Waals surface area (Å²) in [7, 11) is 1.94. The molecule has 0 bridgehead atoms. The van der Waals surface area contributed by atoms with Gasteiger partial charge >= 0.3 is 6.03 Å². The first-order chi connectivity index (χ1) is 11.6. The van der Waals surface area contributed by atoms with Gasteiger partial charge in [-0.15, -0.1) is 0 Å². The molecule has 0 spiro atoms. The van der Waals surface area contributed by atoms with E-state index < -0.39 is 0 Å². The summed E-state index contributed by atoms with van der Waals surface area (Å²) < 4.78 is 5.34. The number of halogens is 1. The lowest BCUT2D eigenvalue weighted by atomic mass is 10.0. The number of morpholine rings is 1. The Bertz CT molecular complexity index is 546. The van der Waals surface area contributed by atoms with Crippen molar-refractivity contribution < 1.29 is 9.53 Å². The van der Waals surface area contributed by atoms with Gasteiger partial charge in [-0.1, -0.05) is 23.7 Å². The molecule has 2 saturated heterocycles. The lowest BCUT2D eigenvalue weighted by Crippen LogP contribution is -2.54. The Hall–Kier alpha value is -1.30. The average Bonchev–Trinajstić information content (AvgIpc) is 2.63. The van der Waals surface area contributed by atoms with Crippen LogP contribution in [-0.4, -0.2) is 73.2 Å². The molecule has 0 aromatic heterocycles. The summed E-state index contributed by atoms with van der Waals surface area (Å²) in [5.74, 6) is 0. The monoisotopic (exact) mass is 351 g/mol. The number of benzene rings is 1. The summed E-state index contributed by atoms with van der Waals surface area (Å²) >= 11 is 5.96. The van der Waals surface area contributed by atoms with Crippen LogP contribution in [0.3, 0.4) is 0 Å². The van der Waals surface area contributed by atoms with Gasteiger partial charge in [-0.2, -0.15) is 0 Å². The zero-order valence-electron chi connectivity index (χ0n) is 14.3. The van der Waals surface area contributed by atoms with Crippen LogP contribution < -0.4 is 0 Å². The van der Waals surface area contributed by atoms with Gasteiger partial charge < -0.3 is 14.5 Å². The summed E-state index contributed by atoms with van der Waals surface area (Å²) in [5, 5.41) is 0.770. The number of piperidine rings is 1. The van der Waals surface area contributed by atoms with Gasteiger partial charge in [0, 0.05) is 44.3 Å². The van der Waals surface area contributed by atoms with Crippen LogP contribution >= 0.6 is 11.6 Å². The predicted molar refractivity (Wildman–Crippen MR) is 95.3 cm³/mol. The molecule has 5 nitrogen and oxygen atoms in total. The Balaban J connectivity index is 1.56. The fourth-order valence-corrected chi connectivity index (χ4v) is 3.60. The van der Waals surface area contributed by atoms with Crippen molar-refractivity contribution in [2.24, 2.45) is 0 Å². The Morgan fingerprint density at radius 2 is 1.96 bits per heavy atom. The molecule has 2 amide bonds. The number of hydrogen-bond donors (Lipinski definition) is 0. The molecule has 0 aliphatic carbocycles. The third-order valence-corrected chi connectivity index (χ3v) is 5.18. The molecule has 1 aromatic rings. The average molecular weight is 352 g/mol. The van der Waals surface area contributed by atoms with Crippen LogP contribution in [0.1, 0.15) is 18.4 Å². The number of carbonyl (C=O) groups is 1. The molecule has 2 fully saturated rings. The van der Waals surface area contributed by atoms with Crippen LogP contribution in [0.2, 0.25) is 5.02 Å². The molecule has 3 rings (SSSR count). The Morgan fingerprint density at radius 3 is 2.67 bits per heavy atom. The van der Waals surface area contributed by atoms with E-state index in [1.165, 1.54) is 5.56 Å². The van der Waals surface area contributed by atoms with Crippen LogP contribution in [0.25, 0.3) is 0 Å². The Labute approximate surface area is 149 Å². The number of ether oxygens (including phenoxy) is 1. The first-order valence-electron chi connectivity index (χ1n) is 8.70. The third kappa shape index (κ3) is 4.41. The number of likely N-dealkylation sites (tertiary alicyclic amines) is 1. The first kappa shape index (κ1) is 17.5. The van der Waals surface area contributed by atoms with Crippen LogP contribution in [0.15, 0.2) is 24.3 Å². The first-order valence-corrected chi connectivity index (χ1v) is 9.07. The van der Waals surface area contributed by atoms with Crippen LogP contribution in [0.4, 0.5) is 4.79 Å². The van der Waals surface area contributed by atoms with Gasteiger partial charge in [-0.3, -0.25) is 4.90 Å². The Morgan fingerprint density at radius 1 is 1.25 bits per heavy atom. The maximum absolute atomic E-state index is 12.7. The molecule has 1 unspecified atom stereocenters. The summed E-state index contributed by atoms with van der Waals surface area (Å²) in [6.45, 7) is 5.61. The van der Waals surface area contributed by atoms with Crippen LogP contribution in [0.5, 0.6) is 0 Å². The maximum Gasteiger partial charge on any atom is 0.320 e. The number of nitrogens with zero attached hydrogens (tertiary/aromatic N) is 3. The topological polar surface area (TPSA) is 36.0 Å². The quantitative estimate of drug-likeness (QED) is 0.840. The smallest absolute Gasteiger partial charge is 0.320 e. The van der Waals surface area contributed by atoms with Crippen molar-refractivity contribution in [3.05, 3.63) is 34.9 Å². The molecular weight excluding hydrogens is 326 g/mol. The van der Waals surface area contributed by atoms with Gasteiger partial charge in [0.25, 0.3) is 0 Å². The highest BCUT2D eigenvalue weighted by molar-refractivity contribution is 6.30. The molecule has 6 heteroatoms. The summed E-state index contributed by atoms with van der Waals surface area (Å²) in [6.07, 6.45) is 2.20. The van der Waals surface area contributed by atoms with Crippen molar-refractivity contribution in [1.29, 1.82) is 0 Å². The van der Waals surface area contributed by atoms with Gasteiger partial charge in [0.15, 0.2) is 0 Å². The highest BCUT2D eigenvalue weighted by Crippen LogP contribution is 2.19. The fourth-order valence-electron chi connectivity index (χ4n) is 3.47. The van der Waals surface area contributed by atoms with Crippen LogP contribution in [-0.2, 0) is 11.3 Å². The SMILES string of the molecule is CN(C(=O)N1CCOCC1)C1CCCN(Cc2ccc(Cl)cc2)C1. The second-order valence-electron chi connectivity index (χ2n) is 6.65. The summed E-state index contributed by atoms with van der Waals surface area (Å²) in [4.78, 5) is 18.9. The number of urea groups is 1. The summed E-state index contributed by atoms with van der Waals surface area (Å²) in [6, 6.07) is 8.44. The molecule has 0 N–H and O–H groups in total. The van der Waals surface area contributed by atoms with Crippen molar-refractivity contribution in [3.8, 4) is 0 Å². The van der Waals surface area contributed by atoms with E-state index in [0.717, 1.165) is 37.5 Å². The minimum Gasteiger partial charge on any atom is -0.378 e. The second-order valence-corrected chi connectivity index (χ2v) is 7.09. The number of amides is 2.